The Kier molecular flexibility index (Phi) is 4.55. The fourth-order valence-corrected chi connectivity index (χ4v) is 2.88. The number of benzene rings is 2. The average molecular weight is 300 g/mol. The monoisotopic (exact) mass is 298 g/mol. The second-order valence-corrected chi connectivity index (χ2v) is 5.70. The summed E-state index contributed by atoms with van der Waals surface area (Å²) in [5, 5.41) is 1.11. The molecule has 1 atom stereocenters. The molecular weight excluding hydrogens is 287 g/mol. The van der Waals surface area contributed by atoms with Crippen LogP contribution in [0.1, 0.15) is 22.1 Å². The summed E-state index contributed by atoms with van der Waals surface area (Å²) in [6.45, 7) is 2.07. The van der Waals surface area contributed by atoms with Crippen LogP contribution in [-0.2, 0) is 6.42 Å². The maximum absolute atomic E-state index is 6.42. The quantitative estimate of drug-likeness (QED) is 0.626. The van der Waals surface area contributed by atoms with E-state index in [4.69, 9.17) is 34.8 Å². The third kappa shape index (κ3) is 3.41. The summed E-state index contributed by atoms with van der Waals surface area (Å²) in [6.07, 6.45) is 0.755. The van der Waals surface area contributed by atoms with E-state index in [1.54, 1.807) is 6.07 Å². The van der Waals surface area contributed by atoms with Gasteiger partial charge in [-0.1, -0.05) is 59.1 Å². The predicted octanol–water partition coefficient (Wildman–Crippen LogP) is 5.82. The Labute approximate surface area is 122 Å². The smallest absolute Gasteiger partial charge is 0.0640 e. The van der Waals surface area contributed by atoms with Gasteiger partial charge < -0.3 is 0 Å². The van der Waals surface area contributed by atoms with Gasteiger partial charge in [-0.25, -0.2) is 0 Å². The summed E-state index contributed by atoms with van der Waals surface area (Å²) < 4.78 is 0. The minimum Gasteiger partial charge on any atom is -0.117 e. The van der Waals surface area contributed by atoms with Gasteiger partial charge in [-0.2, -0.15) is 0 Å². The van der Waals surface area contributed by atoms with E-state index >= 15 is 0 Å². The van der Waals surface area contributed by atoms with Gasteiger partial charge >= 0.3 is 0 Å². The standard InChI is InChI=1S/C15H13Cl3/c1-10-3-2-4-11(7-10)8-14(17)13-6-5-12(16)9-15(13)18/h2-7,9,14H,8H2,1H3. The summed E-state index contributed by atoms with van der Waals surface area (Å²) in [4.78, 5) is 0. The summed E-state index contributed by atoms with van der Waals surface area (Å²) >= 11 is 18.5. The highest BCUT2D eigenvalue weighted by atomic mass is 35.5. The molecule has 3 heteroatoms. The molecule has 0 spiro atoms. The molecule has 2 rings (SSSR count). The predicted molar refractivity (Wildman–Crippen MR) is 79.9 cm³/mol. The van der Waals surface area contributed by atoms with Crippen LogP contribution in [0.3, 0.4) is 0 Å². The van der Waals surface area contributed by atoms with Crippen molar-refractivity contribution in [2.45, 2.75) is 18.7 Å². The van der Waals surface area contributed by atoms with Crippen LogP contribution in [0.2, 0.25) is 10.0 Å². The molecule has 0 saturated heterocycles. The SMILES string of the molecule is Cc1cccc(CC(Cl)c2ccc(Cl)cc2Cl)c1. The van der Waals surface area contributed by atoms with Crippen molar-refractivity contribution in [3.63, 3.8) is 0 Å². The van der Waals surface area contributed by atoms with Crippen LogP contribution in [0.25, 0.3) is 0 Å². The molecule has 0 nitrogen and oxygen atoms in total. The molecule has 0 saturated carbocycles. The van der Waals surface area contributed by atoms with Crippen LogP contribution < -0.4 is 0 Å². The molecule has 0 radical (unpaired) electrons. The highest BCUT2D eigenvalue weighted by Gasteiger charge is 2.13. The lowest BCUT2D eigenvalue weighted by atomic mass is 10.0. The molecule has 2 aromatic rings. The zero-order valence-electron chi connectivity index (χ0n) is 9.96. The Balaban J connectivity index is 2.19. The molecule has 1 unspecified atom stereocenters. The Morgan fingerprint density at radius 2 is 1.83 bits per heavy atom. The van der Waals surface area contributed by atoms with Crippen molar-refractivity contribution < 1.29 is 0 Å². The lowest BCUT2D eigenvalue weighted by molar-refractivity contribution is 0.918. The lowest BCUT2D eigenvalue weighted by Gasteiger charge is -2.12. The number of hydrogen-bond acceptors (Lipinski definition) is 0. The van der Waals surface area contributed by atoms with Crippen molar-refractivity contribution in [1.82, 2.24) is 0 Å². The van der Waals surface area contributed by atoms with Crippen molar-refractivity contribution in [1.29, 1.82) is 0 Å². The number of hydrogen-bond donors (Lipinski definition) is 0. The zero-order valence-corrected chi connectivity index (χ0v) is 12.2. The van der Waals surface area contributed by atoms with Gasteiger partial charge in [0.1, 0.15) is 0 Å². The van der Waals surface area contributed by atoms with Gasteiger partial charge in [0, 0.05) is 10.0 Å². The van der Waals surface area contributed by atoms with Crippen molar-refractivity contribution in [3.8, 4) is 0 Å². The highest BCUT2D eigenvalue weighted by Crippen LogP contribution is 2.32. The normalized spacial score (nSPS) is 12.4. The second-order valence-electron chi connectivity index (χ2n) is 4.33. The van der Waals surface area contributed by atoms with Crippen LogP contribution in [0, 0.1) is 6.92 Å². The summed E-state index contributed by atoms with van der Waals surface area (Å²) in [5.74, 6) is 0. The maximum Gasteiger partial charge on any atom is 0.0640 e. The van der Waals surface area contributed by atoms with Crippen LogP contribution >= 0.6 is 34.8 Å². The number of aryl methyl sites for hydroxylation is 1. The average Bonchev–Trinajstić information content (AvgIpc) is 2.28. The summed E-state index contributed by atoms with van der Waals surface area (Å²) in [7, 11) is 0. The summed E-state index contributed by atoms with van der Waals surface area (Å²) in [6, 6.07) is 13.8. The fraction of sp³-hybridized carbons (Fsp3) is 0.200. The van der Waals surface area contributed by atoms with E-state index in [0.717, 1.165) is 12.0 Å². The molecule has 0 aliphatic carbocycles. The van der Waals surface area contributed by atoms with E-state index in [2.05, 4.69) is 25.1 Å². The van der Waals surface area contributed by atoms with Crippen LogP contribution in [0.15, 0.2) is 42.5 Å². The number of halogens is 3. The van der Waals surface area contributed by atoms with Crippen molar-refractivity contribution in [2.24, 2.45) is 0 Å². The molecule has 0 bridgehead atoms. The van der Waals surface area contributed by atoms with Crippen LogP contribution in [0.4, 0.5) is 0 Å². The largest absolute Gasteiger partial charge is 0.117 e. The van der Waals surface area contributed by atoms with Gasteiger partial charge in [-0.05, 0) is 36.6 Å². The third-order valence-electron chi connectivity index (χ3n) is 2.80. The third-order valence-corrected chi connectivity index (χ3v) is 3.75. The van der Waals surface area contributed by atoms with E-state index in [0.29, 0.717) is 10.0 Å². The van der Waals surface area contributed by atoms with Gasteiger partial charge in [0.2, 0.25) is 0 Å². The minimum absolute atomic E-state index is 0.142. The van der Waals surface area contributed by atoms with Gasteiger partial charge in [0.05, 0.1) is 5.38 Å². The maximum atomic E-state index is 6.42. The molecule has 0 fully saturated rings. The van der Waals surface area contributed by atoms with Crippen molar-refractivity contribution in [2.75, 3.05) is 0 Å². The zero-order chi connectivity index (χ0) is 13.1. The molecule has 18 heavy (non-hydrogen) atoms. The van der Waals surface area contributed by atoms with E-state index in [1.807, 2.05) is 18.2 Å². The van der Waals surface area contributed by atoms with Crippen molar-refractivity contribution in [3.05, 3.63) is 69.2 Å². The first-order valence-electron chi connectivity index (χ1n) is 5.71. The summed E-state index contributed by atoms with van der Waals surface area (Å²) in [5.41, 5.74) is 3.36. The number of rotatable bonds is 3. The van der Waals surface area contributed by atoms with E-state index in [9.17, 15) is 0 Å². The van der Waals surface area contributed by atoms with E-state index in [-0.39, 0.29) is 5.38 Å². The van der Waals surface area contributed by atoms with Gasteiger partial charge in [-0.3, -0.25) is 0 Å². The Morgan fingerprint density at radius 3 is 2.50 bits per heavy atom. The second kappa shape index (κ2) is 5.97. The molecule has 0 heterocycles. The number of alkyl halides is 1. The van der Waals surface area contributed by atoms with Crippen LogP contribution in [-0.4, -0.2) is 0 Å². The molecule has 94 valence electrons. The molecule has 0 aliphatic rings. The molecular formula is C15H13Cl3. The van der Waals surface area contributed by atoms with Crippen LogP contribution in [0.5, 0.6) is 0 Å². The molecule has 2 aromatic carbocycles. The Morgan fingerprint density at radius 1 is 1.06 bits per heavy atom. The molecule has 0 N–H and O–H groups in total. The Bertz CT molecular complexity index is 549. The van der Waals surface area contributed by atoms with Crippen molar-refractivity contribution >= 4 is 34.8 Å². The topological polar surface area (TPSA) is 0 Å². The lowest BCUT2D eigenvalue weighted by Crippen LogP contribution is -1.97. The minimum atomic E-state index is -0.142. The van der Waals surface area contributed by atoms with E-state index < -0.39 is 0 Å². The first-order valence-corrected chi connectivity index (χ1v) is 6.90. The first kappa shape index (κ1) is 13.7. The van der Waals surface area contributed by atoms with Gasteiger partial charge in [0.15, 0.2) is 0 Å². The first-order chi connectivity index (χ1) is 8.56. The van der Waals surface area contributed by atoms with Gasteiger partial charge in [0.25, 0.3) is 0 Å². The highest BCUT2D eigenvalue weighted by molar-refractivity contribution is 6.35. The Hall–Kier alpha value is -0.690. The fourth-order valence-electron chi connectivity index (χ4n) is 1.91. The molecule has 0 amide bonds. The molecule has 0 aromatic heterocycles. The van der Waals surface area contributed by atoms with E-state index in [1.165, 1.54) is 11.1 Å². The molecule has 0 aliphatic heterocycles. The van der Waals surface area contributed by atoms with Gasteiger partial charge in [-0.15, -0.1) is 11.6 Å².